The first-order valence-corrected chi connectivity index (χ1v) is 10.5. The molecule has 0 aliphatic carbocycles. The first kappa shape index (κ1) is 21.9. The minimum atomic E-state index is -2.86. The number of aromatic nitrogens is 1. The highest BCUT2D eigenvalue weighted by molar-refractivity contribution is 7.15. The third kappa shape index (κ3) is 5.63. The zero-order valence-electron chi connectivity index (χ0n) is 16.8. The summed E-state index contributed by atoms with van der Waals surface area (Å²) in [5, 5.41) is 9.54. The Hall–Kier alpha value is -2.80. The summed E-state index contributed by atoms with van der Waals surface area (Å²) in [4.78, 5) is 16.3. The smallest absolute Gasteiger partial charge is 0.303 e. The minimum absolute atomic E-state index is 0.0196. The van der Waals surface area contributed by atoms with Crippen LogP contribution < -0.4 is 4.74 Å². The first-order chi connectivity index (χ1) is 14.3. The lowest BCUT2D eigenvalue weighted by Crippen LogP contribution is -2.06. The average Bonchev–Trinajstić information content (AvgIpc) is 3.14. The summed E-state index contributed by atoms with van der Waals surface area (Å²) in [6.45, 7) is 3.26. The molecule has 0 atom stereocenters. The molecular weight excluding hydrogens is 408 g/mol. The van der Waals surface area contributed by atoms with Crippen molar-refractivity contribution in [2.75, 3.05) is 0 Å². The normalized spacial score (nSPS) is 11.5. The van der Waals surface area contributed by atoms with Gasteiger partial charge in [0.05, 0.1) is 10.6 Å². The average molecular weight is 432 g/mol. The minimum Gasteiger partial charge on any atom is -0.488 e. The Labute approximate surface area is 178 Å². The fourth-order valence-corrected chi connectivity index (χ4v) is 4.02. The molecule has 1 aromatic heterocycles. The number of ether oxygens (including phenoxy) is 1. The van der Waals surface area contributed by atoms with Crippen LogP contribution in [-0.4, -0.2) is 16.1 Å². The maximum Gasteiger partial charge on any atom is 0.303 e. The summed E-state index contributed by atoms with van der Waals surface area (Å²) >= 11 is 1.50. The molecule has 1 N–H and O–H groups in total. The number of rotatable bonds is 9. The molecule has 0 amide bonds. The van der Waals surface area contributed by atoms with Gasteiger partial charge in [-0.25, -0.2) is 13.8 Å². The van der Waals surface area contributed by atoms with Crippen LogP contribution in [0.3, 0.4) is 0 Å². The number of hydrogen-bond donors (Lipinski definition) is 1. The molecule has 0 unspecified atom stereocenters. The van der Waals surface area contributed by atoms with E-state index in [-0.39, 0.29) is 12.0 Å². The van der Waals surface area contributed by atoms with Gasteiger partial charge in [-0.2, -0.15) is 0 Å². The molecular formula is C23H23F2NO3S. The van der Waals surface area contributed by atoms with Gasteiger partial charge in [0.1, 0.15) is 17.4 Å². The van der Waals surface area contributed by atoms with Gasteiger partial charge < -0.3 is 9.84 Å². The van der Waals surface area contributed by atoms with Crippen molar-refractivity contribution in [2.45, 2.75) is 45.6 Å². The van der Waals surface area contributed by atoms with E-state index >= 15 is 0 Å². The van der Waals surface area contributed by atoms with E-state index in [0.29, 0.717) is 18.8 Å². The summed E-state index contributed by atoms with van der Waals surface area (Å²) in [7, 11) is 0. The highest BCUT2D eigenvalue weighted by Crippen LogP contribution is 2.32. The Bertz CT molecular complexity index is 993. The van der Waals surface area contributed by atoms with Crippen LogP contribution in [0.5, 0.6) is 5.75 Å². The van der Waals surface area contributed by atoms with Crippen molar-refractivity contribution >= 4 is 17.3 Å². The Morgan fingerprint density at radius 2 is 1.80 bits per heavy atom. The van der Waals surface area contributed by atoms with Gasteiger partial charge >= 0.3 is 5.97 Å². The predicted octanol–water partition coefficient (Wildman–Crippen LogP) is 6.08. The molecule has 0 aliphatic rings. The summed E-state index contributed by atoms with van der Waals surface area (Å²) in [6.07, 6.45) is 1.32. The van der Waals surface area contributed by atoms with E-state index in [0.717, 1.165) is 40.1 Å². The monoisotopic (exact) mass is 431 g/mol. The first-order valence-electron chi connectivity index (χ1n) is 9.67. The van der Waals surface area contributed by atoms with Gasteiger partial charge in [0.15, 0.2) is 0 Å². The van der Waals surface area contributed by atoms with Gasteiger partial charge in [-0.3, -0.25) is 4.79 Å². The summed E-state index contributed by atoms with van der Waals surface area (Å²) in [5.74, 6) is -2.99. The largest absolute Gasteiger partial charge is 0.488 e. The van der Waals surface area contributed by atoms with Gasteiger partial charge in [-0.05, 0) is 30.5 Å². The maximum atomic E-state index is 13.4. The number of nitrogens with zero attached hydrogens (tertiary/aromatic N) is 1. The number of aryl methyl sites for hydroxylation is 2. The standard InChI is InChI=1S/C23H23F2NO3S/c1-3-19-20(14-29-18-11-4-15(5-12-18)6-13-21(27)28)30-22(26-19)16-7-9-17(10-8-16)23(2,24)25/h4-5,7-12H,3,6,13-14H2,1-2H3,(H,27,28). The van der Waals surface area contributed by atoms with E-state index in [4.69, 9.17) is 9.84 Å². The lowest BCUT2D eigenvalue weighted by atomic mass is 10.1. The topological polar surface area (TPSA) is 59.4 Å². The van der Waals surface area contributed by atoms with Gasteiger partial charge in [0, 0.05) is 24.5 Å². The molecule has 0 saturated carbocycles. The number of halogens is 2. The molecule has 0 spiro atoms. The van der Waals surface area contributed by atoms with Gasteiger partial charge in [0.2, 0.25) is 0 Å². The molecule has 0 bridgehead atoms. The SMILES string of the molecule is CCc1nc(-c2ccc(C(C)(F)F)cc2)sc1COc1ccc(CCC(=O)O)cc1. The van der Waals surface area contributed by atoms with Gasteiger partial charge in [0.25, 0.3) is 5.92 Å². The van der Waals surface area contributed by atoms with Crippen LogP contribution in [0, 0.1) is 0 Å². The molecule has 3 aromatic rings. The number of carbonyl (C=O) groups is 1. The van der Waals surface area contributed by atoms with Crippen LogP contribution in [-0.2, 0) is 30.2 Å². The molecule has 158 valence electrons. The number of hydrogen-bond acceptors (Lipinski definition) is 4. The number of carboxylic acids is 1. The second kappa shape index (κ2) is 9.34. The fourth-order valence-electron chi connectivity index (χ4n) is 2.95. The quantitative estimate of drug-likeness (QED) is 0.446. The lowest BCUT2D eigenvalue weighted by Gasteiger charge is -2.10. The van der Waals surface area contributed by atoms with Gasteiger partial charge in [-0.15, -0.1) is 11.3 Å². The summed E-state index contributed by atoms with van der Waals surface area (Å²) in [5.41, 5.74) is 2.66. The van der Waals surface area contributed by atoms with Crippen LogP contribution in [0.25, 0.3) is 10.6 Å². The Morgan fingerprint density at radius 1 is 1.13 bits per heavy atom. The van der Waals surface area contributed by atoms with Crippen LogP contribution in [0.15, 0.2) is 48.5 Å². The van der Waals surface area contributed by atoms with Gasteiger partial charge in [-0.1, -0.05) is 43.3 Å². The Morgan fingerprint density at radius 3 is 2.37 bits per heavy atom. The van der Waals surface area contributed by atoms with E-state index in [9.17, 15) is 13.6 Å². The number of carboxylic acid groups (broad SMARTS) is 1. The molecule has 0 radical (unpaired) electrons. The third-order valence-corrected chi connectivity index (χ3v) is 5.79. The number of alkyl halides is 2. The Balaban J connectivity index is 1.68. The van der Waals surface area contributed by atoms with E-state index in [2.05, 4.69) is 4.98 Å². The predicted molar refractivity (Wildman–Crippen MR) is 113 cm³/mol. The van der Waals surface area contributed by atoms with Crippen molar-refractivity contribution in [3.05, 3.63) is 70.2 Å². The number of aliphatic carboxylic acids is 1. The van der Waals surface area contributed by atoms with Crippen molar-refractivity contribution in [1.82, 2.24) is 4.98 Å². The lowest BCUT2D eigenvalue weighted by molar-refractivity contribution is -0.136. The van der Waals surface area contributed by atoms with Crippen LogP contribution in [0.4, 0.5) is 8.78 Å². The van der Waals surface area contributed by atoms with Crippen molar-refractivity contribution < 1.29 is 23.4 Å². The summed E-state index contributed by atoms with van der Waals surface area (Å²) in [6, 6.07) is 13.6. The van der Waals surface area contributed by atoms with Crippen LogP contribution in [0.1, 0.15) is 42.0 Å². The van der Waals surface area contributed by atoms with Crippen molar-refractivity contribution in [1.29, 1.82) is 0 Å². The molecule has 0 saturated heterocycles. The molecule has 0 aliphatic heterocycles. The number of thiazole rings is 1. The molecule has 30 heavy (non-hydrogen) atoms. The zero-order valence-corrected chi connectivity index (χ0v) is 17.6. The second-order valence-electron chi connectivity index (χ2n) is 7.03. The van der Waals surface area contributed by atoms with E-state index in [1.165, 1.54) is 23.5 Å². The number of benzene rings is 2. The summed E-state index contributed by atoms with van der Waals surface area (Å²) < 4.78 is 32.7. The van der Waals surface area contributed by atoms with Crippen molar-refractivity contribution in [3.8, 4) is 16.3 Å². The van der Waals surface area contributed by atoms with E-state index < -0.39 is 11.9 Å². The fraction of sp³-hybridized carbons (Fsp3) is 0.304. The maximum absolute atomic E-state index is 13.4. The van der Waals surface area contributed by atoms with Crippen molar-refractivity contribution in [2.24, 2.45) is 0 Å². The molecule has 4 nitrogen and oxygen atoms in total. The van der Waals surface area contributed by atoms with Crippen LogP contribution >= 0.6 is 11.3 Å². The highest BCUT2D eigenvalue weighted by Gasteiger charge is 2.24. The van der Waals surface area contributed by atoms with Crippen LogP contribution in [0.2, 0.25) is 0 Å². The van der Waals surface area contributed by atoms with Crippen molar-refractivity contribution in [3.63, 3.8) is 0 Å². The van der Waals surface area contributed by atoms with E-state index in [1.54, 1.807) is 12.1 Å². The third-order valence-electron chi connectivity index (χ3n) is 4.67. The second-order valence-corrected chi connectivity index (χ2v) is 8.12. The van der Waals surface area contributed by atoms with E-state index in [1.807, 2.05) is 31.2 Å². The molecule has 7 heteroatoms. The molecule has 0 fully saturated rings. The molecule has 3 rings (SSSR count). The highest BCUT2D eigenvalue weighted by atomic mass is 32.1. The molecule has 1 heterocycles. The Kier molecular flexibility index (Phi) is 6.82. The molecule has 2 aromatic carbocycles. The zero-order chi connectivity index (χ0) is 21.7.